The van der Waals surface area contributed by atoms with Crippen LogP contribution in [0.5, 0.6) is 5.75 Å². The summed E-state index contributed by atoms with van der Waals surface area (Å²) in [6, 6.07) is 23.5. The van der Waals surface area contributed by atoms with Crippen molar-refractivity contribution in [1.29, 1.82) is 0 Å². The van der Waals surface area contributed by atoms with Gasteiger partial charge in [0.2, 0.25) is 0 Å². The molecule has 4 rings (SSSR count). The maximum Gasteiger partial charge on any atom is 0.272 e. The molecule has 0 saturated carbocycles. The van der Waals surface area contributed by atoms with Gasteiger partial charge in [0.15, 0.2) is 11.4 Å². The summed E-state index contributed by atoms with van der Waals surface area (Å²) in [6.45, 7) is 0.379. The number of aromatic nitrogens is 1. The van der Waals surface area contributed by atoms with Gasteiger partial charge in [-0.1, -0.05) is 64.5 Å². The normalized spacial score (nSPS) is 10.8. The number of carbonyl (C=O) groups is 1. The summed E-state index contributed by atoms with van der Waals surface area (Å²) >= 11 is 3.38. The first kappa shape index (κ1) is 19.9. The van der Waals surface area contributed by atoms with Crippen molar-refractivity contribution in [3.63, 3.8) is 0 Å². The highest BCUT2D eigenvalue weighted by Gasteiger charge is 2.22. The van der Waals surface area contributed by atoms with Gasteiger partial charge in [0.05, 0.1) is 5.39 Å². The molecule has 0 aliphatic heterocycles. The van der Waals surface area contributed by atoms with Crippen LogP contribution < -0.4 is 10.9 Å². The Hall–Kier alpha value is -3.38. The standard InChI is InChI=1S/C24H19BrN2O3/c25-17-10-12-18(13-11-17)27-21(22(28)19-8-4-5-9-20(19)24(27)30)23(29)26-15-14-16-6-2-1-3-7-16/h1-13,28H,14-15H2,(H,26,29). The molecule has 0 bridgehead atoms. The molecule has 30 heavy (non-hydrogen) atoms. The third kappa shape index (κ3) is 3.86. The van der Waals surface area contributed by atoms with Crippen molar-refractivity contribution in [2.75, 3.05) is 6.54 Å². The lowest BCUT2D eigenvalue weighted by Gasteiger charge is -2.16. The van der Waals surface area contributed by atoms with Gasteiger partial charge in [0.25, 0.3) is 11.5 Å². The van der Waals surface area contributed by atoms with Crippen LogP contribution in [0, 0.1) is 0 Å². The van der Waals surface area contributed by atoms with Crippen molar-refractivity contribution in [2.24, 2.45) is 0 Å². The molecule has 0 spiro atoms. The number of carbonyl (C=O) groups excluding carboxylic acids is 1. The van der Waals surface area contributed by atoms with Gasteiger partial charge in [-0.3, -0.25) is 14.2 Å². The van der Waals surface area contributed by atoms with Crippen LogP contribution in [0.15, 0.2) is 88.1 Å². The van der Waals surface area contributed by atoms with E-state index in [0.29, 0.717) is 29.4 Å². The van der Waals surface area contributed by atoms with Crippen LogP contribution in [0.1, 0.15) is 16.1 Å². The van der Waals surface area contributed by atoms with E-state index in [2.05, 4.69) is 21.2 Å². The zero-order valence-electron chi connectivity index (χ0n) is 16.0. The molecule has 1 aromatic heterocycles. The fraction of sp³-hybridized carbons (Fsp3) is 0.0833. The minimum atomic E-state index is -0.505. The second-order valence-corrected chi connectivity index (χ2v) is 7.77. The van der Waals surface area contributed by atoms with Crippen LogP contribution >= 0.6 is 15.9 Å². The van der Waals surface area contributed by atoms with E-state index in [1.54, 1.807) is 48.5 Å². The maximum atomic E-state index is 13.2. The van der Waals surface area contributed by atoms with E-state index in [9.17, 15) is 14.7 Å². The van der Waals surface area contributed by atoms with Crippen molar-refractivity contribution >= 4 is 32.6 Å². The number of halogens is 1. The van der Waals surface area contributed by atoms with E-state index in [1.165, 1.54) is 4.57 Å². The molecule has 0 aliphatic carbocycles. The first-order valence-corrected chi connectivity index (χ1v) is 10.3. The maximum absolute atomic E-state index is 13.2. The molecule has 0 aliphatic rings. The van der Waals surface area contributed by atoms with E-state index >= 15 is 0 Å². The van der Waals surface area contributed by atoms with E-state index in [4.69, 9.17) is 0 Å². The highest BCUT2D eigenvalue weighted by molar-refractivity contribution is 9.10. The summed E-state index contributed by atoms with van der Waals surface area (Å²) in [4.78, 5) is 26.3. The lowest BCUT2D eigenvalue weighted by Crippen LogP contribution is -2.33. The number of nitrogens with one attached hydrogen (secondary N) is 1. The van der Waals surface area contributed by atoms with Crippen molar-refractivity contribution in [1.82, 2.24) is 9.88 Å². The second-order valence-electron chi connectivity index (χ2n) is 6.85. The fourth-order valence-corrected chi connectivity index (χ4v) is 3.69. The van der Waals surface area contributed by atoms with Gasteiger partial charge < -0.3 is 10.4 Å². The number of aromatic hydroxyl groups is 1. The molecule has 0 saturated heterocycles. The Bertz CT molecular complexity index is 1270. The summed E-state index contributed by atoms with van der Waals surface area (Å²) in [7, 11) is 0. The molecule has 0 fully saturated rings. The molecule has 0 radical (unpaired) electrons. The van der Waals surface area contributed by atoms with E-state index < -0.39 is 5.91 Å². The lowest BCUT2D eigenvalue weighted by molar-refractivity contribution is 0.0943. The zero-order valence-corrected chi connectivity index (χ0v) is 17.6. The smallest absolute Gasteiger partial charge is 0.272 e. The number of rotatable bonds is 5. The predicted molar refractivity (Wildman–Crippen MR) is 121 cm³/mol. The largest absolute Gasteiger partial charge is 0.505 e. The molecule has 1 heterocycles. The third-order valence-corrected chi connectivity index (χ3v) is 5.43. The quantitative estimate of drug-likeness (QED) is 0.460. The summed E-state index contributed by atoms with van der Waals surface area (Å²) in [5.74, 6) is -0.723. The number of hydrogen-bond donors (Lipinski definition) is 2. The minimum absolute atomic E-state index is 0.0749. The van der Waals surface area contributed by atoms with Gasteiger partial charge in [0, 0.05) is 22.1 Å². The van der Waals surface area contributed by atoms with Gasteiger partial charge in [-0.15, -0.1) is 0 Å². The fourth-order valence-electron chi connectivity index (χ4n) is 3.43. The SMILES string of the molecule is O=C(NCCc1ccccc1)c1c(O)c2ccccc2c(=O)n1-c1ccc(Br)cc1. The molecular formula is C24H19BrN2O3. The highest BCUT2D eigenvalue weighted by Crippen LogP contribution is 2.28. The van der Waals surface area contributed by atoms with Crippen LogP contribution in [-0.4, -0.2) is 22.1 Å². The van der Waals surface area contributed by atoms with Crippen molar-refractivity contribution in [3.05, 3.63) is 105 Å². The molecule has 1 amide bonds. The first-order valence-electron chi connectivity index (χ1n) is 9.51. The molecule has 0 unspecified atom stereocenters. The Labute approximate surface area is 181 Å². The monoisotopic (exact) mass is 462 g/mol. The molecule has 0 atom stereocenters. The van der Waals surface area contributed by atoms with E-state index in [0.717, 1.165) is 10.0 Å². The molecule has 2 N–H and O–H groups in total. The highest BCUT2D eigenvalue weighted by atomic mass is 79.9. The van der Waals surface area contributed by atoms with Gasteiger partial charge in [-0.05, 0) is 42.3 Å². The number of benzene rings is 3. The van der Waals surface area contributed by atoms with Gasteiger partial charge in [-0.25, -0.2) is 0 Å². The molecule has 4 aromatic rings. The lowest BCUT2D eigenvalue weighted by atomic mass is 10.1. The Morgan fingerprint density at radius 2 is 1.53 bits per heavy atom. The number of hydrogen-bond acceptors (Lipinski definition) is 3. The number of amides is 1. The number of pyridine rings is 1. The average molecular weight is 463 g/mol. The van der Waals surface area contributed by atoms with Crippen LogP contribution in [0.4, 0.5) is 0 Å². The average Bonchev–Trinajstić information content (AvgIpc) is 2.77. The molecule has 6 heteroatoms. The summed E-state index contributed by atoms with van der Waals surface area (Å²) in [5.41, 5.74) is 1.15. The van der Waals surface area contributed by atoms with E-state index in [-0.39, 0.29) is 17.0 Å². The van der Waals surface area contributed by atoms with Crippen LogP contribution in [0.3, 0.4) is 0 Å². The predicted octanol–water partition coefficient (Wildman–Crippen LogP) is 4.43. The van der Waals surface area contributed by atoms with Gasteiger partial charge >= 0.3 is 0 Å². The van der Waals surface area contributed by atoms with Crippen LogP contribution in [0.2, 0.25) is 0 Å². The number of fused-ring (bicyclic) bond motifs is 1. The Kier molecular flexibility index (Phi) is 5.68. The Morgan fingerprint density at radius 3 is 2.23 bits per heavy atom. The summed E-state index contributed by atoms with van der Waals surface area (Å²) < 4.78 is 2.11. The Balaban J connectivity index is 1.78. The van der Waals surface area contributed by atoms with E-state index in [1.807, 2.05) is 30.3 Å². The van der Waals surface area contributed by atoms with Gasteiger partial charge in [0.1, 0.15) is 0 Å². The zero-order chi connectivity index (χ0) is 21.1. The molecular weight excluding hydrogens is 444 g/mol. The third-order valence-electron chi connectivity index (χ3n) is 4.91. The van der Waals surface area contributed by atoms with Crippen molar-refractivity contribution < 1.29 is 9.90 Å². The Morgan fingerprint density at radius 1 is 0.900 bits per heavy atom. The van der Waals surface area contributed by atoms with Gasteiger partial charge in [-0.2, -0.15) is 0 Å². The summed E-state index contributed by atoms with van der Waals surface area (Å²) in [6.07, 6.45) is 0.642. The first-order chi connectivity index (χ1) is 14.6. The molecule has 150 valence electrons. The molecule has 5 nitrogen and oxygen atoms in total. The van der Waals surface area contributed by atoms with Crippen LogP contribution in [-0.2, 0) is 6.42 Å². The van der Waals surface area contributed by atoms with Crippen molar-refractivity contribution in [3.8, 4) is 11.4 Å². The van der Waals surface area contributed by atoms with Crippen LogP contribution in [0.25, 0.3) is 16.5 Å². The number of nitrogens with zero attached hydrogens (tertiary/aromatic N) is 1. The second kappa shape index (κ2) is 8.55. The van der Waals surface area contributed by atoms with Crippen molar-refractivity contribution in [2.45, 2.75) is 6.42 Å². The molecule has 3 aromatic carbocycles. The summed E-state index contributed by atoms with van der Waals surface area (Å²) in [5, 5.41) is 14.5. The minimum Gasteiger partial charge on any atom is -0.505 e. The topological polar surface area (TPSA) is 71.3 Å².